The number of thiophene rings is 1. The summed E-state index contributed by atoms with van der Waals surface area (Å²) in [7, 11) is 0. The average molecular weight is 398 g/mol. The number of rotatable bonds is 5. The van der Waals surface area contributed by atoms with Crippen molar-refractivity contribution >= 4 is 28.3 Å². The third-order valence-corrected chi connectivity index (χ3v) is 5.56. The summed E-state index contributed by atoms with van der Waals surface area (Å²) >= 11 is 1.66. The standard InChI is InChI=1S/C23H19N5S/c1-16(17-7-3-2-4-8-17)25-23-26-20(18-11-12-29-14-18)13-22(27-23)28-15-24-19-9-5-6-10-21(19)28/h2-16H,1H3,(H,25,26,27)/t16-/m0/s1. The number of para-hydroxylation sites is 2. The molecule has 1 atom stereocenters. The van der Waals surface area contributed by atoms with Gasteiger partial charge in [0.1, 0.15) is 12.1 Å². The molecule has 0 saturated heterocycles. The first-order valence-corrected chi connectivity index (χ1v) is 10.4. The van der Waals surface area contributed by atoms with Crippen LogP contribution in [-0.2, 0) is 0 Å². The highest BCUT2D eigenvalue weighted by molar-refractivity contribution is 7.08. The summed E-state index contributed by atoms with van der Waals surface area (Å²) in [5.74, 6) is 1.38. The second kappa shape index (κ2) is 7.48. The van der Waals surface area contributed by atoms with Crippen molar-refractivity contribution in [3.8, 4) is 17.1 Å². The Bertz CT molecular complexity index is 1250. The van der Waals surface area contributed by atoms with Gasteiger partial charge in [-0.2, -0.15) is 16.3 Å². The predicted octanol–water partition coefficient (Wildman–Crippen LogP) is 5.72. The van der Waals surface area contributed by atoms with Crippen LogP contribution in [0, 0.1) is 0 Å². The van der Waals surface area contributed by atoms with E-state index in [0.717, 1.165) is 28.1 Å². The maximum Gasteiger partial charge on any atom is 0.225 e. The molecule has 29 heavy (non-hydrogen) atoms. The van der Waals surface area contributed by atoms with E-state index in [9.17, 15) is 0 Å². The molecule has 5 aromatic rings. The van der Waals surface area contributed by atoms with E-state index in [-0.39, 0.29) is 6.04 Å². The van der Waals surface area contributed by atoms with E-state index in [2.05, 4.69) is 52.3 Å². The fraction of sp³-hybridized carbons (Fsp3) is 0.0870. The highest BCUT2D eigenvalue weighted by Gasteiger charge is 2.13. The molecule has 0 aliphatic heterocycles. The van der Waals surface area contributed by atoms with Crippen LogP contribution >= 0.6 is 11.3 Å². The molecule has 6 heteroatoms. The van der Waals surface area contributed by atoms with Crippen LogP contribution in [0.5, 0.6) is 0 Å². The Kier molecular flexibility index (Phi) is 4.54. The molecular formula is C23H19N5S. The zero-order valence-corrected chi connectivity index (χ0v) is 16.7. The van der Waals surface area contributed by atoms with Gasteiger partial charge in [0.25, 0.3) is 0 Å². The van der Waals surface area contributed by atoms with Gasteiger partial charge in [0.05, 0.1) is 22.8 Å². The van der Waals surface area contributed by atoms with E-state index in [0.29, 0.717) is 5.95 Å². The molecule has 0 unspecified atom stereocenters. The first-order chi connectivity index (χ1) is 14.3. The third kappa shape index (κ3) is 3.50. The SMILES string of the molecule is C[C@H](Nc1nc(-c2ccsc2)cc(-n2cnc3ccccc32)n1)c1ccccc1. The van der Waals surface area contributed by atoms with Crippen LogP contribution in [0.4, 0.5) is 5.95 Å². The van der Waals surface area contributed by atoms with Crippen molar-refractivity contribution in [2.24, 2.45) is 0 Å². The number of nitrogens with one attached hydrogen (secondary N) is 1. The molecule has 5 rings (SSSR count). The van der Waals surface area contributed by atoms with Crippen molar-refractivity contribution in [1.29, 1.82) is 0 Å². The van der Waals surface area contributed by atoms with E-state index in [1.54, 1.807) is 11.3 Å². The van der Waals surface area contributed by atoms with E-state index < -0.39 is 0 Å². The van der Waals surface area contributed by atoms with Crippen molar-refractivity contribution in [1.82, 2.24) is 19.5 Å². The second-order valence-electron chi connectivity index (χ2n) is 6.83. The third-order valence-electron chi connectivity index (χ3n) is 4.88. The van der Waals surface area contributed by atoms with Crippen LogP contribution < -0.4 is 5.32 Å². The lowest BCUT2D eigenvalue weighted by atomic mass is 10.1. The van der Waals surface area contributed by atoms with E-state index in [1.807, 2.05) is 53.4 Å². The van der Waals surface area contributed by atoms with Crippen molar-refractivity contribution in [2.75, 3.05) is 5.32 Å². The van der Waals surface area contributed by atoms with E-state index in [1.165, 1.54) is 5.56 Å². The Labute approximate surface area is 172 Å². The van der Waals surface area contributed by atoms with Crippen LogP contribution in [0.1, 0.15) is 18.5 Å². The summed E-state index contributed by atoms with van der Waals surface area (Å²) in [4.78, 5) is 14.1. The minimum Gasteiger partial charge on any atom is -0.348 e. The van der Waals surface area contributed by atoms with Gasteiger partial charge in [-0.25, -0.2) is 9.97 Å². The molecule has 0 bridgehead atoms. The van der Waals surface area contributed by atoms with Gasteiger partial charge in [-0.1, -0.05) is 42.5 Å². The second-order valence-corrected chi connectivity index (χ2v) is 7.61. The number of benzene rings is 2. The van der Waals surface area contributed by atoms with Crippen LogP contribution in [0.3, 0.4) is 0 Å². The Hall–Kier alpha value is -3.51. The molecule has 2 aromatic carbocycles. The average Bonchev–Trinajstić information content (AvgIpc) is 3.44. The van der Waals surface area contributed by atoms with Crippen molar-refractivity contribution in [3.05, 3.63) is 89.4 Å². The number of hydrogen-bond donors (Lipinski definition) is 1. The quantitative estimate of drug-likeness (QED) is 0.412. The molecule has 0 spiro atoms. The lowest BCUT2D eigenvalue weighted by Crippen LogP contribution is -2.11. The molecule has 0 fully saturated rings. The minimum atomic E-state index is 0.0845. The molecule has 142 valence electrons. The summed E-state index contributed by atoms with van der Waals surface area (Å²) in [6.45, 7) is 2.11. The molecule has 0 saturated carbocycles. The lowest BCUT2D eigenvalue weighted by Gasteiger charge is -2.16. The number of aromatic nitrogens is 4. The molecule has 0 radical (unpaired) electrons. The van der Waals surface area contributed by atoms with E-state index in [4.69, 9.17) is 9.97 Å². The molecule has 0 aliphatic rings. The summed E-state index contributed by atoms with van der Waals surface area (Å²) in [6, 6.07) is 22.5. The van der Waals surface area contributed by atoms with Gasteiger partial charge in [0.15, 0.2) is 0 Å². The van der Waals surface area contributed by atoms with E-state index >= 15 is 0 Å². The van der Waals surface area contributed by atoms with Gasteiger partial charge in [-0.05, 0) is 36.1 Å². The number of anilines is 1. The number of nitrogens with zero attached hydrogens (tertiary/aromatic N) is 4. The van der Waals surface area contributed by atoms with Crippen molar-refractivity contribution in [2.45, 2.75) is 13.0 Å². The van der Waals surface area contributed by atoms with Gasteiger partial charge in [0, 0.05) is 17.0 Å². The normalized spacial score (nSPS) is 12.2. The van der Waals surface area contributed by atoms with Gasteiger partial charge in [-0.3, -0.25) is 4.57 Å². The Morgan fingerprint density at radius 1 is 0.966 bits per heavy atom. The maximum absolute atomic E-state index is 4.81. The molecule has 3 aromatic heterocycles. The van der Waals surface area contributed by atoms with Gasteiger partial charge < -0.3 is 5.32 Å². The maximum atomic E-state index is 4.81. The molecule has 0 amide bonds. The van der Waals surface area contributed by atoms with Crippen molar-refractivity contribution < 1.29 is 0 Å². The highest BCUT2D eigenvalue weighted by Crippen LogP contribution is 2.26. The molecule has 3 heterocycles. The van der Waals surface area contributed by atoms with Gasteiger partial charge in [-0.15, -0.1) is 0 Å². The fourth-order valence-corrected chi connectivity index (χ4v) is 3.99. The largest absolute Gasteiger partial charge is 0.348 e. The highest BCUT2D eigenvalue weighted by atomic mass is 32.1. The first-order valence-electron chi connectivity index (χ1n) is 9.43. The van der Waals surface area contributed by atoms with Crippen LogP contribution in [0.2, 0.25) is 0 Å². The molecule has 5 nitrogen and oxygen atoms in total. The topological polar surface area (TPSA) is 55.6 Å². The number of fused-ring (bicyclic) bond motifs is 1. The monoisotopic (exact) mass is 397 g/mol. The zero-order chi connectivity index (χ0) is 19.6. The Morgan fingerprint density at radius 3 is 2.62 bits per heavy atom. The summed E-state index contributed by atoms with van der Waals surface area (Å²) in [6.07, 6.45) is 1.81. The lowest BCUT2D eigenvalue weighted by molar-refractivity contribution is 0.855. The van der Waals surface area contributed by atoms with Crippen LogP contribution in [0.15, 0.2) is 83.8 Å². The minimum absolute atomic E-state index is 0.0845. The zero-order valence-electron chi connectivity index (χ0n) is 15.9. The fourth-order valence-electron chi connectivity index (χ4n) is 3.34. The summed E-state index contributed by atoms with van der Waals surface area (Å²) in [5.41, 5.74) is 5.11. The van der Waals surface area contributed by atoms with Crippen LogP contribution in [-0.4, -0.2) is 19.5 Å². The van der Waals surface area contributed by atoms with Gasteiger partial charge >= 0.3 is 0 Å². The Morgan fingerprint density at radius 2 is 1.79 bits per heavy atom. The smallest absolute Gasteiger partial charge is 0.225 e. The van der Waals surface area contributed by atoms with Crippen LogP contribution in [0.25, 0.3) is 28.1 Å². The molecular weight excluding hydrogens is 378 g/mol. The predicted molar refractivity (Wildman–Crippen MR) is 118 cm³/mol. The summed E-state index contributed by atoms with van der Waals surface area (Å²) < 4.78 is 2.01. The number of imidazole rings is 1. The van der Waals surface area contributed by atoms with Gasteiger partial charge in [0.2, 0.25) is 5.95 Å². The molecule has 0 aliphatic carbocycles. The first kappa shape index (κ1) is 17.6. The van der Waals surface area contributed by atoms with Crippen molar-refractivity contribution in [3.63, 3.8) is 0 Å². The summed E-state index contributed by atoms with van der Waals surface area (Å²) in [5, 5.41) is 7.62. The number of hydrogen-bond acceptors (Lipinski definition) is 5. The molecule has 1 N–H and O–H groups in total. The Balaban J connectivity index is 1.60.